The van der Waals surface area contributed by atoms with Gasteiger partial charge < -0.3 is 4.90 Å². The van der Waals surface area contributed by atoms with E-state index in [2.05, 4.69) is 6.58 Å². The number of nitrogens with zero attached hydrogens (tertiary/aromatic N) is 1. The van der Waals surface area contributed by atoms with Gasteiger partial charge in [-0.2, -0.15) is 0 Å². The van der Waals surface area contributed by atoms with Crippen LogP contribution in [0.25, 0.3) is 0 Å². The van der Waals surface area contributed by atoms with Crippen molar-refractivity contribution in [1.29, 1.82) is 0 Å². The molecule has 1 aliphatic heterocycles. The Morgan fingerprint density at radius 3 is 2.43 bits per heavy atom. The van der Waals surface area contributed by atoms with Crippen LogP contribution in [0.3, 0.4) is 0 Å². The zero-order chi connectivity index (χ0) is 15.0. The van der Waals surface area contributed by atoms with Crippen LogP contribution in [0.4, 0.5) is 10.1 Å². The van der Waals surface area contributed by atoms with Crippen molar-refractivity contribution < 1.29 is 9.18 Å². The molecule has 0 N–H and O–H groups in total. The zero-order valence-electron chi connectivity index (χ0n) is 11.8. The third-order valence-corrected chi connectivity index (χ3v) is 4.18. The third kappa shape index (κ3) is 1.74. The Balaban J connectivity index is 2.35. The van der Waals surface area contributed by atoms with Gasteiger partial charge in [0.25, 0.3) is 0 Å². The van der Waals surface area contributed by atoms with Crippen LogP contribution < -0.4 is 4.90 Å². The van der Waals surface area contributed by atoms with Crippen LogP contribution in [0.5, 0.6) is 0 Å². The minimum absolute atomic E-state index is 0.117. The molecule has 106 valence electrons. The van der Waals surface area contributed by atoms with E-state index in [0.717, 1.165) is 11.3 Å². The van der Waals surface area contributed by atoms with Gasteiger partial charge in [0.1, 0.15) is 11.2 Å². The number of carbonyl (C=O) groups is 1. The summed E-state index contributed by atoms with van der Waals surface area (Å²) in [6.07, 6.45) is 2.05. The Labute approximate surface area is 123 Å². The molecule has 0 aliphatic carbocycles. The molecule has 1 aliphatic rings. The molecule has 0 aromatic heterocycles. The van der Waals surface area contributed by atoms with Gasteiger partial charge in [-0.05, 0) is 24.1 Å². The van der Waals surface area contributed by atoms with Gasteiger partial charge in [-0.1, -0.05) is 42.5 Å². The predicted molar refractivity (Wildman–Crippen MR) is 81.8 cm³/mol. The quantitative estimate of drug-likeness (QED) is 0.786. The summed E-state index contributed by atoms with van der Waals surface area (Å²) in [5, 5.41) is 0. The molecule has 3 rings (SSSR count). The lowest BCUT2D eigenvalue weighted by Crippen LogP contribution is -2.40. The number of hydrogen-bond acceptors (Lipinski definition) is 1. The van der Waals surface area contributed by atoms with Gasteiger partial charge in [0.2, 0.25) is 5.91 Å². The second kappa shape index (κ2) is 4.85. The minimum Gasteiger partial charge on any atom is -0.314 e. The number of amides is 1. The second-order valence-corrected chi connectivity index (χ2v) is 5.26. The van der Waals surface area contributed by atoms with Crippen LogP contribution in [0.1, 0.15) is 17.5 Å². The number of rotatable bonds is 3. The Bertz CT molecular complexity index is 725. The summed E-state index contributed by atoms with van der Waals surface area (Å²) in [5.74, 6) is -0.480. The average Bonchev–Trinajstić information content (AvgIpc) is 2.72. The molecule has 21 heavy (non-hydrogen) atoms. The summed E-state index contributed by atoms with van der Waals surface area (Å²) >= 11 is 0. The van der Waals surface area contributed by atoms with Crippen molar-refractivity contribution in [2.24, 2.45) is 0 Å². The van der Waals surface area contributed by atoms with Crippen molar-refractivity contribution >= 4 is 11.6 Å². The molecule has 1 heterocycles. The molecule has 0 saturated heterocycles. The average molecular weight is 281 g/mol. The van der Waals surface area contributed by atoms with Crippen molar-refractivity contribution in [3.8, 4) is 0 Å². The normalized spacial score (nSPS) is 20.5. The Kier molecular flexibility index (Phi) is 3.13. The van der Waals surface area contributed by atoms with Gasteiger partial charge in [0.05, 0.1) is 0 Å². The lowest BCUT2D eigenvalue weighted by Gasteiger charge is -2.28. The fourth-order valence-electron chi connectivity index (χ4n) is 3.23. The van der Waals surface area contributed by atoms with Crippen molar-refractivity contribution in [2.45, 2.75) is 11.8 Å². The van der Waals surface area contributed by atoms with Crippen LogP contribution in [0.15, 0.2) is 61.2 Å². The molecule has 0 radical (unpaired) electrons. The maximum Gasteiger partial charge on any atom is 0.242 e. The van der Waals surface area contributed by atoms with E-state index in [-0.39, 0.29) is 11.7 Å². The fraction of sp³-hybridized carbons (Fsp3) is 0.167. The summed E-state index contributed by atoms with van der Waals surface area (Å²) in [4.78, 5) is 14.5. The maximum absolute atomic E-state index is 14.4. The number of anilines is 1. The molecule has 0 unspecified atom stereocenters. The van der Waals surface area contributed by atoms with E-state index in [0.29, 0.717) is 12.0 Å². The number of halogens is 1. The highest BCUT2D eigenvalue weighted by Crippen LogP contribution is 2.48. The highest BCUT2D eigenvalue weighted by atomic mass is 19.1. The monoisotopic (exact) mass is 281 g/mol. The summed E-state index contributed by atoms with van der Waals surface area (Å²) in [7, 11) is 1.73. The zero-order valence-corrected chi connectivity index (χ0v) is 11.8. The van der Waals surface area contributed by atoms with Gasteiger partial charge in [-0.15, -0.1) is 6.58 Å². The molecule has 0 fully saturated rings. The largest absolute Gasteiger partial charge is 0.314 e. The van der Waals surface area contributed by atoms with E-state index >= 15 is 0 Å². The summed E-state index contributed by atoms with van der Waals surface area (Å²) in [6.45, 7) is 3.76. The van der Waals surface area contributed by atoms with Gasteiger partial charge in [-0.25, -0.2) is 4.39 Å². The number of hydrogen-bond donors (Lipinski definition) is 0. The van der Waals surface area contributed by atoms with Crippen molar-refractivity contribution in [3.05, 3.63) is 78.1 Å². The molecular weight excluding hydrogens is 265 g/mol. The lowest BCUT2D eigenvalue weighted by atomic mass is 9.72. The van der Waals surface area contributed by atoms with E-state index in [1.54, 1.807) is 36.2 Å². The first-order valence-electron chi connectivity index (χ1n) is 6.86. The second-order valence-electron chi connectivity index (χ2n) is 5.26. The van der Waals surface area contributed by atoms with E-state index < -0.39 is 5.41 Å². The summed E-state index contributed by atoms with van der Waals surface area (Å²) in [5.41, 5.74) is 1.06. The number of fused-ring (bicyclic) bond motifs is 1. The molecule has 3 heteroatoms. The highest BCUT2D eigenvalue weighted by Gasteiger charge is 2.51. The van der Waals surface area contributed by atoms with Crippen LogP contribution in [-0.4, -0.2) is 13.0 Å². The van der Waals surface area contributed by atoms with Crippen molar-refractivity contribution in [3.63, 3.8) is 0 Å². The lowest BCUT2D eigenvalue weighted by molar-refractivity contribution is -0.121. The molecule has 0 spiro atoms. The number of likely N-dealkylation sites (N-methyl/N-ethyl adjacent to an activating group) is 1. The van der Waals surface area contributed by atoms with E-state index in [4.69, 9.17) is 0 Å². The number of benzene rings is 2. The van der Waals surface area contributed by atoms with Crippen LogP contribution in [0, 0.1) is 5.82 Å². The Morgan fingerprint density at radius 1 is 1.14 bits per heavy atom. The van der Waals surface area contributed by atoms with Gasteiger partial charge in [-0.3, -0.25) is 4.79 Å². The first-order valence-corrected chi connectivity index (χ1v) is 6.86. The first kappa shape index (κ1) is 13.6. The van der Waals surface area contributed by atoms with Crippen molar-refractivity contribution in [2.75, 3.05) is 11.9 Å². The van der Waals surface area contributed by atoms with Crippen LogP contribution in [-0.2, 0) is 10.2 Å². The standard InChI is InChI=1S/C18H16FNO/c1-3-12-18(13-8-4-6-10-15(13)19)14-9-5-7-11-16(14)20(2)17(18)21/h3-11H,1,12H2,2H3/t18-/m1/s1. The summed E-state index contributed by atoms with van der Waals surface area (Å²) < 4.78 is 14.4. The topological polar surface area (TPSA) is 20.3 Å². The molecule has 1 atom stereocenters. The van der Waals surface area contributed by atoms with Gasteiger partial charge >= 0.3 is 0 Å². The van der Waals surface area contributed by atoms with E-state index in [9.17, 15) is 9.18 Å². The number of allylic oxidation sites excluding steroid dienone is 1. The molecular formula is C18H16FNO. The third-order valence-electron chi connectivity index (χ3n) is 4.18. The minimum atomic E-state index is -1.02. The predicted octanol–water partition coefficient (Wildman–Crippen LogP) is 3.66. The smallest absolute Gasteiger partial charge is 0.242 e. The molecule has 2 aromatic carbocycles. The van der Waals surface area contributed by atoms with Gasteiger partial charge in [0, 0.05) is 18.3 Å². The Morgan fingerprint density at radius 2 is 1.76 bits per heavy atom. The van der Waals surface area contributed by atoms with Crippen LogP contribution >= 0.6 is 0 Å². The molecule has 1 amide bonds. The molecule has 0 saturated carbocycles. The number of para-hydroxylation sites is 1. The summed E-state index contributed by atoms with van der Waals surface area (Å²) in [6, 6.07) is 14.0. The molecule has 2 nitrogen and oxygen atoms in total. The van der Waals surface area contributed by atoms with Crippen molar-refractivity contribution in [1.82, 2.24) is 0 Å². The highest BCUT2D eigenvalue weighted by molar-refractivity contribution is 6.10. The maximum atomic E-state index is 14.4. The molecule has 2 aromatic rings. The first-order chi connectivity index (χ1) is 10.1. The van der Waals surface area contributed by atoms with Crippen LogP contribution in [0.2, 0.25) is 0 Å². The van der Waals surface area contributed by atoms with Gasteiger partial charge in [0.15, 0.2) is 0 Å². The Hall–Kier alpha value is -2.42. The van der Waals surface area contributed by atoms with E-state index in [1.165, 1.54) is 6.07 Å². The fourth-order valence-corrected chi connectivity index (χ4v) is 3.23. The number of carbonyl (C=O) groups excluding carboxylic acids is 1. The molecule has 0 bridgehead atoms. The van der Waals surface area contributed by atoms with E-state index in [1.807, 2.05) is 24.3 Å². The SMILES string of the molecule is C=CC[C@]1(c2ccccc2F)C(=O)N(C)c2ccccc21.